The van der Waals surface area contributed by atoms with E-state index in [9.17, 15) is 13.2 Å². The molecule has 0 saturated carbocycles. The number of nitrogens with zero attached hydrogens (tertiary/aromatic N) is 2. The van der Waals surface area contributed by atoms with E-state index >= 15 is 0 Å². The van der Waals surface area contributed by atoms with Crippen molar-refractivity contribution >= 4 is 15.9 Å². The quantitative estimate of drug-likeness (QED) is 0.619. The van der Waals surface area contributed by atoms with Gasteiger partial charge in [0.05, 0.1) is 12.0 Å². The van der Waals surface area contributed by atoms with E-state index in [0.717, 1.165) is 12.0 Å². The minimum Gasteiger partial charge on any atom is -0.497 e. The third kappa shape index (κ3) is 5.46. The van der Waals surface area contributed by atoms with Gasteiger partial charge >= 0.3 is 0 Å². The number of hydrogen-bond donors (Lipinski definition) is 0. The average Bonchev–Trinajstić information content (AvgIpc) is 2.82. The number of carbonyl (C=O) groups is 1. The van der Waals surface area contributed by atoms with Crippen LogP contribution in [0.1, 0.15) is 38.7 Å². The molecule has 1 amide bonds. The summed E-state index contributed by atoms with van der Waals surface area (Å²) >= 11 is 0. The standard InChI is InChI=1S/C24H32N2O4S/c1-4-19(2)26(18-20-8-6-5-7-9-20)24(27)21-14-16-25(17-15-21)31(28,29)23-12-10-22(30-3)11-13-23/h5-13,19,21H,4,14-18H2,1-3H3. The normalized spacial score (nSPS) is 16.6. The zero-order valence-corrected chi connectivity index (χ0v) is 19.3. The molecule has 0 aromatic heterocycles. The molecule has 2 aromatic rings. The Bertz CT molecular complexity index is 953. The summed E-state index contributed by atoms with van der Waals surface area (Å²) in [6, 6.07) is 16.6. The van der Waals surface area contributed by atoms with Gasteiger partial charge in [-0.1, -0.05) is 37.3 Å². The summed E-state index contributed by atoms with van der Waals surface area (Å²) in [6.07, 6.45) is 1.95. The van der Waals surface area contributed by atoms with Gasteiger partial charge in [-0.05, 0) is 56.0 Å². The molecule has 1 unspecified atom stereocenters. The Balaban J connectivity index is 1.67. The van der Waals surface area contributed by atoms with E-state index in [0.29, 0.717) is 38.2 Å². The van der Waals surface area contributed by atoms with Crippen LogP contribution in [0.4, 0.5) is 0 Å². The molecule has 1 heterocycles. The van der Waals surface area contributed by atoms with Crippen LogP contribution in [0.15, 0.2) is 59.5 Å². The van der Waals surface area contributed by atoms with Gasteiger partial charge in [0.15, 0.2) is 0 Å². The van der Waals surface area contributed by atoms with Crippen molar-refractivity contribution in [2.24, 2.45) is 5.92 Å². The van der Waals surface area contributed by atoms with Crippen LogP contribution in [0.25, 0.3) is 0 Å². The molecule has 1 aliphatic rings. The summed E-state index contributed by atoms with van der Waals surface area (Å²) in [4.78, 5) is 15.5. The van der Waals surface area contributed by atoms with Gasteiger partial charge in [-0.25, -0.2) is 8.42 Å². The molecular formula is C24H32N2O4S. The van der Waals surface area contributed by atoms with Gasteiger partial charge in [0.2, 0.25) is 15.9 Å². The topological polar surface area (TPSA) is 66.9 Å². The van der Waals surface area contributed by atoms with Crippen LogP contribution in [0, 0.1) is 5.92 Å². The highest BCUT2D eigenvalue weighted by atomic mass is 32.2. The highest BCUT2D eigenvalue weighted by Gasteiger charge is 2.34. The molecule has 0 radical (unpaired) electrons. The Morgan fingerprint density at radius 1 is 1.10 bits per heavy atom. The first kappa shape index (κ1) is 23.3. The molecule has 0 N–H and O–H groups in total. The predicted molar refractivity (Wildman–Crippen MR) is 121 cm³/mol. The lowest BCUT2D eigenvalue weighted by Gasteiger charge is -2.36. The monoisotopic (exact) mass is 444 g/mol. The van der Waals surface area contributed by atoms with E-state index in [1.807, 2.05) is 35.2 Å². The lowest BCUT2D eigenvalue weighted by atomic mass is 9.95. The van der Waals surface area contributed by atoms with Crippen molar-refractivity contribution in [1.29, 1.82) is 0 Å². The number of rotatable bonds is 8. The van der Waals surface area contributed by atoms with Gasteiger partial charge in [-0.2, -0.15) is 4.31 Å². The molecule has 0 spiro atoms. The molecule has 1 fully saturated rings. The second-order valence-corrected chi connectivity index (χ2v) is 10.0. The molecule has 168 valence electrons. The maximum absolute atomic E-state index is 13.3. The number of hydrogen-bond acceptors (Lipinski definition) is 4. The van der Waals surface area contributed by atoms with Crippen LogP contribution in [0.5, 0.6) is 5.75 Å². The van der Waals surface area contributed by atoms with Crippen molar-refractivity contribution in [3.8, 4) is 5.75 Å². The van der Waals surface area contributed by atoms with Crippen molar-refractivity contribution < 1.29 is 17.9 Å². The lowest BCUT2D eigenvalue weighted by Crippen LogP contribution is -2.46. The number of sulfonamides is 1. The second kappa shape index (κ2) is 10.3. The lowest BCUT2D eigenvalue weighted by molar-refractivity contribution is -0.139. The summed E-state index contributed by atoms with van der Waals surface area (Å²) in [5.74, 6) is 0.589. The minimum atomic E-state index is -3.57. The zero-order chi connectivity index (χ0) is 22.4. The Morgan fingerprint density at radius 2 is 1.71 bits per heavy atom. The first-order chi connectivity index (χ1) is 14.9. The fourth-order valence-electron chi connectivity index (χ4n) is 3.93. The maximum atomic E-state index is 13.3. The number of piperidine rings is 1. The molecule has 0 bridgehead atoms. The number of methoxy groups -OCH3 is 1. The number of amides is 1. The highest BCUT2D eigenvalue weighted by Crippen LogP contribution is 2.27. The van der Waals surface area contributed by atoms with Crippen molar-refractivity contribution in [2.45, 2.75) is 50.6 Å². The smallest absolute Gasteiger partial charge is 0.243 e. The zero-order valence-electron chi connectivity index (χ0n) is 18.5. The molecular weight excluding hydrogens is 412 g/mol. The van der Waals surface area contributed by atoms with Crippen molar-refractivity contribution in [3.63, 3.8) is 0 Å². The van der Waals surface area contributed by atoms with Gasteiger partial charge in [0.1, 0.15) is 5.75 Å². The summed E-state index contributed by atoms with van der Waals surface area (Å²) < 4.78 is 32.6. The van der Waals surface area contributed by atoms with Crippen molar-refractivity contribution in [3.05, 3.63) is 60.2 Å². The molecule has 3 rings (SSSR count). The fourth-order valence-corrected chi connectivity index (χ4v) is 5.40. The molecule has 0 aliphatic carbocycles. The molecule has 31 heavy (non-hydrogen) atoms. The van der Waals surface area contributed by atoms with Crippen LogP contribution in [-0.2, 0) is 21.4 Å². The molecule has 7 heteroatoms. The van der Waals surface area contributed by atoms with Crippen LogP contribution in [0.2, 0.25) is 0 Å². The molecule has 6 nitrogen and oxygen atoms in total. The maximum Gasteiger partial charge on any atom is 0.243 e. The Labute approximate surface area is 185 Å². The molecule has 2 aromatic carbocycles. The van der Waals surface area contributed by atoms with E-state index in [-0.39, 0.29) is 22.8 Å². The first-order valence-corrected chi connectivity index (χ1v) is 12.3. The molecule has 1 atom stereocenters. The minimum absolute atomic E-state index is 0.125. The van der Waals surface area contributed by atoms with Gasteiger partial charge in [0.25, 0.3) is 0 Å². The van der Waals surface area contributed by atoms with Gasteiger partial charge in [-0.3, -0.25) is 4.79 Å². The number of carbonyl (C=O) groups excluding carboxylic acids is 1. The SMILES string of the molecule is CCC(C)N(Cc1ccccc1)C(=O)C1CCN(S(=O)(=O)c2ccc(OC)cc2)CC1. The molecule has 1 saturated heterocycles. The van der Waals surface area contributed by atoms with E-state index in [1.54, 1.807) is 31.4 Å². The third-order valence-corrected chi connectivity index (χ3v) is 8.01. The predicted octanol–water partition coefficient (Wildman–Crippen LogP) is 3.92. The van der Waals surface area contributed by atoms with E-state index in [2.05, 4.69) is 13.8 Å². The van der Waals surface area contributed by atoms with Gasteiger partial charge in [-0.15, -0.1) is 0 Å². The average molecular weight is 445 g/mol. The Hall–Kier alpha value is -2.38. The van der Waals surface area contributed by atoms with Crippen LogP contribution < -0.4 is 4.74 Å². The summed E-state index contributed by atoms with van der Waals surface area (Å²) in [7, 11) is -2.03. The fraction of sp³-hybridized carbons (Fsp3) is 0.458. The largest absolute Gasteiger partial charge is 0.497 e. The van der Waals surface area contributed by atoms with Crippen LogP contribution in [0.3, 0.4) is 0 Å². The Morgan fingerprint density at radius 3 is 2.26 bits per heavy atom. The third-order valence-electron chi connectivity index (χ3n) is 6.10. The number of benzene rings is 2. The van der Waals surface area contributed by atoms with Gasteiger partial charge < -0.3 is 9.64 Å². The van der Waals surface area contributed by atoms with Crippen molar-refractivity contribution in [1.82, 2.24) is 9.21 Å². The van der Waals surface area contributed by atoms with Crippen LogP contribution >= 0.6 is 0 Å². The van der Waals surface area contributed by atoms with E-state index < -0.39 is 10.0 Å². The summed E-state index contributed by atoms with van der Waals surface area (Å²) in [5.41, 5.74) is 1.11. The number of ether oxygens (including phenoxy) is 1. The summed E-state index contributed by atoms with van der Waals surface area (Å²) in [6.45, 7) is 5.44. The first-order valence-electron chi connectivity index (χ1n) is 10.9. The Kier molecular flexibility index (Phi) is 7.73. The molecule has 1 aliphatic heterocycles. The second-order valence-electron chi connectivity index (χ2n) is 8.06. The summed E-state index contributed by atoms with van der Waals surface area (Å²) in [5, 5.41) is 0. The van der Waals surface area contributed by atoms with Crippen LogP contribution in [-0.4, -0.2) is 49.8 Å². The van der Waals surface area contributed by atoms with E-state index in [1.165, 1.54) is 4.31 Å². The highest BCUT2D eigenvalue weighted by molar-refractivity contribution is 7.89. The van der Waals surface area contributed by atoms with Crippen molar-refractivity contribution in [2.75, 3.05) is 20.2 Å². The van der Waals surface area contributed by atoms with E-state index in [4.69, 9.17) is 4.74 Å². The van der Waals surface area contributed by atoms with Gasteiger partial charge in [0, 0.05) is 31.6 Å².